The van der Waals surface area contributed by atoms with Crippen LogP contribution in [0.2, 0.25) is 5.02 Å². The highest BCUT2D eigenvalue weighted by atomic mass is 35.5. The Hall–Kier alpha value is -2.39. The first kappa shape index (κ1) is 20.5. The molecule has 9 heteroatoms. The fourth-order valence-electron chi connectivity index (χ4n) is 3.88. The summed E-state index contributed by atoms with van der Waals surface area (Å²) in [6.45, 7) is 1.77. The Labute approximate surface area is 189 Å². The van der Waals surface area contributed by atoms with Crippen LogP contribution in [0, 0.1) is 0 Å². The Morgan fingerprint density at radius 2 is 1.97 bits per heavy atom. The fraction of sp³-hybridized carbons (Fsp3) is 0.227. The predicted molar refractivity (Wildman–Crippen MR) is 125 cm³/mol. The van der Waals surface area contributed by atoms with Crippen molar-refractivity contribution in [2.45, 2.75) is 10.8 Å². The second-order valence-corrected chi connectivity index (χ2v) is 11.3. The molecular weight excluding hydrogens is 454 g/mol. The lowest BCUT2D eigenvalue weighted by molar-refractivity contribution is -0.134. The van der Waals surface area contributed by atoms with Crippen molar-refractivity contribution < 1.29 is 13.2 Å². The van der Waals surface area contributed by atoms with Crippen LogP contribution in [0.1, 0.15) is 11.1 Å². The number of fused-ring (bicyclic) bond motifs is 2. The van der Waals surface area contributed by atoms with Gasteiger partial charge in [-0.05, 0) is 46.8 Å². The third-order valence-corrected chi connectivity index (χ3v) is 9.16. The maximum Gasteiger partial charge on any atom is 0.253 e. The van der Waals surface area contributed by atoms with Gasteiger partial charge in [0.15, 0.2) is 0 Å². The quantitative estimate of drug-likeness (QED) is 0.621. The second-order valence-electron chi connectivity index (χ2n) is 7.61. The number of halogens is 1. The summed E-state index contributed by atoms with van der Waals surface area (Å²) in [6.07, 6.45) is 4.13. The zero-order valence-corrected chi connectivity index (χ0v) is 18.9. The molecule has 0 spiro atoms. The first-order valence-electron chi connectivity index (χ1n) is 9.90. The van der Waals surface area contributed by atoms with E-state index in [0.29, 0.717) is 18.1 Å². The summed E-state index contributed by atoms with van der Waals surface area (Å²) in [7, 11) is -3.73. The molecule has 0 atom stereocenters. The summed E-state index contributed by atoms with van der Waals surface area (Å²) >= 11 is 7.20. The van der Waals surface area contributed by atoms with Crippen molar-refractivity contribution in [1.82, 2.24) is 9.21 Å². The molecular formula is C22H20ClN3O3S2. The average molecular weight is 474 g/mol. The topological polar surface area (TPSA) is 69.7 Å². The number of amides is 1. The number of carbonyl (C=O) groups excluding carboxylic acids is 1. The molecule has 2 aliphatic rings. The van der Waals surface area contributed by atoms with E-state index in [9.17, 15) is 13.2 Å². The van der Waals surface area contributed by atoms with Gasteiger partial charge in [-0.1, -0.05) is 35.9 Å². The second kappa shape index (κ2) is 7.94. The number of sulfonamides is 1. The van der Waals surface area contributed by atoms with E-state index in [1.54, 1.807) is 29.2 Å². The van der Waals surface area contributed by atoms with Gasteiger partial charge in [0.25, 0.3) is 10.0 Å². The molecule has 5 rings (SSSR count). The first-order valence-corrected chi connectivity index (χ1v) is 12.5. The Balaban J connectivity index is 1.31. The molecule has 1 N–H and O–H groups in total. The lowest BCUT2D eigenvalue weighted by atomic mass is 10.1. The standard InChI is InChI=1S/C22H20ClN3O3S2/c23-18-5-4-17-11-22(30-20(17)12-18)31(28,29)26-9-8-25(21(27)14-26)13-15-3-6-19-16(10-15)2-1-7-24-19/h1-6,10-12,24H,7-9,13-14H2. The fourth-order valence-corrected chi connectivity index (χ4v) is 7.09. The van der Waals surface area contributed by atoms with Crippen LogP contribution in [0.15, 0.2) is 52.7 Å². The third-order valence-electron chi connectivity index (χ3n) is 5.53. The van der Waals surface area contributed by atoms with E-state index in [4.69, 9.17) is 11.6 Å². The minimum absolute atomic E-state index is 0.149. The number of benzene rings is 2. The maximum atomic E-state index is 13.1. The van der Waals surface area contributed by atoms with Crippen LogP contribution in [0.5, 0.6) is 0 Å². The van der Waals surface area contributed by atoms with Gasteiger partial charge < -0.3 is 10.2 Å². The largest absolute Gasteiger partial charge is 0.381 e. The van der Waals surface area contributed by atoms with E-state index >= 15 is 0 Å². The minimum Gasteiger partial charge on any atom is -0.381 e. The van der Waals surface area contributed by atoms with Gasteiger partial charge in [-0.25, -0.2) is 8.42 Å². The van der Waals surface area contributed by atoms with E-state index in [1.165, 1.54) is 15.6 Å². The molecule has 31 heavy (non-hydrogen) atoms. The zero-order valence-electron chi connectivity index (χ0n) is 16.5. The molecule has 0 saturated carbocycles. The summed E-state index contributed by atoms with van der Waals surface area (Å²) in [5, 5.41) is 4.70. The van der Waals surface area contributed by atoms with Gasteiger partial charge in [-0.3, -0.25) is 4.79 Å². The summed E-state index contributed by atoms with van der Waals surface area (Å²) in [4.78, 5) is 14.5. The van der Waals surface area contributed by atoms with Crippen molar-refractivity contribution in [1.29, 1.82) is 0 Å². The van der Waals surface area contributed by atoms with E-state index in [1.807, 2.05) is 12.1 Å². The van der Waals surface area contributed by atoms with E-state index < -0.39 is 10.0 Å². The number of thiophene rings is 1. The summed E-state index contributed by atoms with van der Waals surface area (Å²) in [5.74, 6) is -0.189. The number of anilines is 1. The highest BCUT2D eigenvalue weighted by Crippen LogP contribution is 2.33. The van der Waals surface area contributed by atoms with Crippen molar-refractivity contribution in [3.8, 4) is 0 Å². The number of carbonyl (C=O) groups is 1. The molecule has 1 fully saturated rings. The molecule has 160 valence electrons. The Bertz CT molecular complexity index is 1320. The zero-order chi connectivity index (χ0) is 21.6. The van der Waals surface area contributed by atoms with Gasteiger partial charge in [0.2, 0.25) is 5.91 Å². The molecule has 3 aromatic rings. The normalized spacial score (nSPS) is 17.1. The number of nitrogens with one attached hydrogen (secondary N) is 1. The van der Waals surface area contributed by atoms with Gasteiger partial charge in [0.05, 0.1) is 6.54 Å². The van der Waals surface area contributed by atoms with Crippen LogP contribution in [-0.4, -0.2) is 49.7 Å². The van der Waals surface area contributed by atoms with Crippen molar-refractivity contribution in [2.24, 2.45) is 0 Å². The van der Waals surface area contributed by atoms with Gasteiger partial charge in [0, 0.05) is 41.6 Å². The summed E-state index contributed by atoms with van der Waals surface area (Å²) in [6, 6.07) is 13.0. The molecule has 0 radical (unpaired) electrons. The maximum absolute atomic E-state index is 13.1. The smallest absolute Gasteiger partial charge is 0.253 e. The lowest BCUT2D eigenvalue weighted by Crippen LogP contribution is -2.51. The van der Waals surface area contributed by atoms with E-state index in [0.717, 1.165) is 33.4 Å². The van der Waals surface area contributed by atoms with Crippen LogP contribution >= 0.6 is 22.9 Å². The highest BCUT2D eigenvalue weighted by Gasteiger charge is 2.34. The number of hydrogen-bond donors (Lipinski definition) is 1. The molecule has 6 nitrogen and oxygen atoms in total. The Kier molecular flexibility index (Phi) is 5.26. The lowest BCUT2D eigenvalue weighted by Gasteiger charge is -2.33. The Morgan fingerprint density at radius 3 is 2.81 bits per heavy atom. The molecule has 1 amide bonds. The monoisotopic (exact) mass is 473 g/mol. The van der Waals surface area contributed by atoms with Crippen LogP contribution in [0.3, 0.4) is 0 Å². The van der Waals surface area contributed by atoms with Crippen molar-refractivity contribution >= 4 is 60.7 Å². The first-order chi connectivity index (χ1) is 14.9. The average Bonchev–Trinajstić information content (AvgIpc) is 3.19. The summed E-state index contributed by atoms with van der Waals surface area (Å²) in [5.41, 5.74) is 3.21. The number of piperazine rings is 1. The Morgan fingerprint density at radius 1 is 1.10 bits per heavy atom. The van der Waals surface area contributed by atoms with Gasteiger partial charge >= 0.3 is 0 Å². The molecule has 1 aromatic heterocycles. The van der Waals surface area contributed by atoms with E-state index in [2.05, 4.69) is 23.5 Å². The van der Waals surface area contributed by atoms with Crippen LogP contribution in [-0.2, 0) is 21.4 Å². The van der Waals surface area contributed by atoms with Crippen molar-refractivity contribution in [3.63, 3.8) is 0 Å². The molecule has 0 aliphatic carbocycles. The van der Waals surface area contributed by atoms with Crippen LogP contribution in [0.25, 0.3) is 16.2 Å². The molecule has 2 aliphatic heterocycles. The van der Waals surface area contributed by atoms with Crippen LogP contribution in [0.4, 0.5) is 5.69 Å². The number of nitrogens with zero attached hydrogens (tertiary/aromatic N) is 2. The molecule has 2 aromatic carbocycles. The SMILES string of the molecule is O=C1CN(S(=O)(=O)c2cc3ccc(Cl)cc3s2)CCN1Cc1ccc2c(c1)C=CCN2. The molecule has 0 unspecified atom stereocenters. The van der Waals surface area contributed by atoms with Crippen LogP contribution < -0.4 is 5.32 Å². The third kappa shape index (κ3) is 3.96. The van der Waals surface area contributed by atoms with Gasteiger partial charge in [-0.2, -0.15) is 4.31 Å². The highest BCUT2D eigenvalue weighted by molar-refractivity contribution is 7.91. The van der Waals surface area contributed by atoms with E-state index in [-0.39, 0.29) is 23.2 Å². The molecule has 3 heterocycles. The number of rotatable bonds is 4. The van der Waals surface area contributed by atoms with Crippen molar-refractivity contribution in [3.05, 3.63) is 64.7 Å². The van der Waals surface area contributed by atoms with Crippen molar-refractivity contribution in [2.75, 3.05) is 31.5 Å². The minimum atomic E-state index is -3.73. The number of hydrogen-bond acceptors (Lipinski definition) is 5. The van der Waals surface area contributed by atoms with Gasteiger partial charge in [-0.15, -0.1) is 11.3 Å². The molecule has 1 saturated heterocycles. The van der Waals surface area contributed by atoms with Gasteiger partial charge in [0.1, 0.15) is 4.21 Å². The molecule has 0 bridgehead atoms. The summed E-state index contributed by atoms with van der Waals surface area (Å²) < 4.78 is 28.6. The predicted octanol–water partition coefficient (Wildman–Crippen LogP) is 4.03.